The zero-order valence-corrected chi connectivity index (χ0v) is 18.2. The van der Waals surface area contributed by atoms with Crippen molar-refractivity contribution in [2.45, 2.75) is 25.6 Å². The molecule has 0 aliphatic carbocycles. The van der Waals surface area contributed by atoms with E-state index in [0.717, 1.165) is 27.6 Å². The van der Waals surface area contributed by atoms with Gasteiger partial charge in [0.2, 0.25) is 5.91 Å². The van der Waals surface area contributed by atoms with E-state index in [0.29, 0.717) is 5.69 Å². The Balaban J connectivity index is 1.36. The number of aromatic nitrogens is 3. The summed E-state index contributed by atoms with van der Waals surface area (Å²) in [7, 11) is 0. The van der Waals surface area contributed by atoms with Crippen LogP contribution in [-0.4, -0.2) is 33.6 Å². The van der Waals surface area contributed by atoms with E-state index in [1.807, 2.05) is 42.5 Å². The van der Waals surface area contributed by atoms with Crippen molar-refractivity contribution >= 4 is 16.8 Å². The Kier molecular flexibility index (Phi) is 6.72. The van der Waals surface area contributed by atoms with E-state index in [2.05, 4.69) is 25.0 Å². The molecule has 9 heteroatoms. The molecule has 2 aromatic heterocycles. The predicted octanol–water partition coefficient (Wildman–Crippen LogP) is 5.05. The van der Waals surface area contributed by atoms with Gasteiger partial charge in [0, 0.05) is 17.1 Å². The number of ether oxygens (including phenoxy) is 1. The standard InChI is InChI=1S/C25H21F3N4O2/c1-16(22-10-9-20(13-30-22)34-14-25(26,27)28)32-23(33)11-17-5-7-18(8-6-17)21-4-2-3-19-12-29-15-31-24(19)21/h2-10,12-13,15-16H,11,14H2,1H3,(H,32,33). The van der Waals surface area contributed by atoms with Gasteiger partial charge in [0.15, 0.2) is 6.61 Å². The van der Waals surface area contributed by atoms with Gasteiger partial charge in [-0.25, -0.2) is 9.97 Å². The SMILES string of the molecule is CC(NC(=O)Cc1ccc(-c2cccc3cncnc23)cc1)c1ccc(OCC(F)(F)F)cn1. The fourth-order valence-electron chi connectivity index (χ4n) is 3.50. The number of fused-ring (bicyclic) bond motifs is 1. The number of para-hydroxylation sites is 1. The highest BCUT2D eigenvalue weighted by atomic mass is 19.4. The van der Waals surface area contributed by atoms with Gasteiger partial charge in [-0.3, -0.25) is 9.78 Å². The first kappa shape index (κ1) is 23.2. The number of halogens is 3. The molecule has 1 unspecified atom stereocenters. The largest absolute Gasteiger partial charge is 0.483 e. The van der Waals surface area contributed by atoms with Crippen LogP contribution in [0.5, 0.6) is 5.75 Å². The van der Waals surface area contributed by atoms with Crippen LogP contribution in [0.15, 0.2) is 73.3 Å². The first-order chi connectivity index (χ1) is 16.3. The summed E-state index contributed by atoms with van der Waals surface area (Å²) in [6.45, 7) is 0.370. The molecule has 1 N–H and O–H groups in total. The van der Waals surface area contributed by atoms with Crippen LogP contribution in [0.4, 0.5) is 13.2 Å². The summed E-state index contributed by atoms with van der Waals surface area (Å²) in [4.78, 5) is 25.0. The highest BCUT2D eigenvalue weighted by Crippen LogP contribution is 2.27. The van der Waals surface area contributed by atoms with Gasteiger partial charge in [-0.05, 0) is 30.2 Å². The number of benzene rings is 2. The summed E-state index contributed by atoms with van der Waals surface area (Å²) in [5, 5.41) is 3.80. The zero-order chi connectivity index (χ0) is 24.1. The zero-order valence-electron chi connectivity index (χ0n) is 18.2. The smallest absolute Gasteiger partial charge is 0.422 e. The van der Waals surface area contributed by atoms with Crippen LogP contribution in [0.25, 0.3) is 22.0 Å². The highest BCUT2D eigenvalue weighted by molar-refractivity contribution is 5.93. The molecule has 2 aromatic carbocycles. The molecule has 0 bridgehead atoms. The second-order valence-electron chi connectivity index (χ2n) is 7.75. The number of hydrogen-bond acceptors (Lipinski definition) is 5. The van der Waals surface area contributed by atoms with Crippen LogP contribution in [-0.2, 0) is 11.2 Å². The lowest BCUT2D eigenvalue weighted by atomic mass is 10.0. The molecule has 0 saturated carbocycles. The van der Waals surface area contributed by atoms with Crippen molar-refractivity contribution in [1.29, 1.82) is 0 Å². The lowest BCUT2D eigenvalue weighted by molar-refractivity contribution is -0.153. The van der Waals surface area contributed by atoms with Crippen LogP contribution in [0.1, 0.15) is 24.2 Å². The lowest BCUT2D eigenvalue weighted by Crippen LogP contribution is -2.28. The monoisotopic (exact) mass is 466 g/mol. The molecule has 4 aromatic rings. The molecule has 0 aliphatic heterocycles. The summed E-state index contributed by atoms with van der Waals surface area (Å²) in [6.07, 6.45) is 0.254. The van der Waals surface area contributed by atoms with Gasteiger partial charge in [-0.2, -0.15) is 13.2 Å². The van der Waals surface area contributed by atoms with E-state index in [1.165, 1.54) is 24.7 Å². The molecule has 0 aliphatic rings. The third kappa shape index (κ3) is 5.86. The lowest BCUT2D eigenvalue weighted by Gasteiger charge is -2.15. The summed E-state index contributed by atoms with van der Waals surface area (Å²) >= 11 is 0. The van der Waals surface area contributed by atoms with E-state index in [1.54, 1.807) is 13.1 Å². The van der Waals surface area contributed by atoms with Crippen LogP contribution >= 0.6 is 0 Å². The average molecular weight is 466 g/mol. The maximum absolute atomic E-state index is 12.5. The van der Waals surface area contributed by atoms with E-state index in [4.69, 9.17) is 0 Å². The Morgan fingerprint density at radius 2 is 1.82 bits per heavy atom. The summed E-state index contributed by atoms with van der Waals surface area (Å²) < 4.78 is 41.4. The fourth-order valence-corrected chi connectivity index (χ4v) is 3.50. The van der Waals surface area contributed by atoms with E-state index >= 15 is 0 Å². The van der Waals surface area contributed by atoms with E-state index in [-0.39, 0.29) is 18.1 Å². The summed E-state index contributed by atoms with van der Waals surface area (Å²) in [5.41, 5.74) is 4.18. The fraction of sp³-hybridized carbons (Fsp3) is 0.200. The number of hydrogen-bond donors (Lipinski definition) is 1. The molecule has 2 heterocycles. The van der Waals surface area contributed by atoms with Crippen LogP contribution in [0.3, 0.4) is 0 Å². The Hall–Kier alpha value is -4.01. The Labute approximate surface area is 193 Å². The van der Waals surface area contributed by atoms with Crippen LogP contribution < -0.4 is 10.1 Å². The number of carbonyl (C=O) groups is 1. The van der Waals surface area contributed by atoms with Gasteiger partial charge < -0.3 is 10.1 Å². The molecule has 6 nitrogen and oxygen atoms in total. The van der Waals surface area contributed by atoms with Crippen molar-refractivity contribution in [3.8, 4) is 16.9 Å². The highest BCUT2D eigenvalue weighted by Gasteiger charge is 2.28. The van der Waals surface area contributed by atoms with Crippen molar-refractivity contribution in [3.63, 3.8) is 0 Å². The summed E-state index contributed by atoms with van der Waals surface area (Å²) in [5.74, 6) is -0.185. The van der Waals surface area contributed by atoms with Crippen LogP contribution in [0.2, 0.25) is 0 Å². The maximum Gasteiger partial charge on any atom is 0.422 e. The van der Waals surface area contributed by atoms with E-state index in [9.17, 15) is 18.0 Å². The molecule has 1 atom stereocenters. The van der Waals surface area contributed by atoms with Crippen molar-refractivity contribution < 1.29 is 22.7 Å². The second kappa shape index (κ2) is 9.86. The van der Waals surface area contributed by atoms with Gasteiger partial charge in [0.05, 0.1) is 29.9 Å². The number of nitrogens with one attached hydrogen (secondary N) is 1. The maximum atomic E-state index is 12.5. The quantitative estimate of drug-likeness (QED) is 0.412. The van der Waals surface area contributed by atoms with Crippen LogP contribution in [0, 0.1) is 0 Å². The third-order valence-corrected chi connectivity index (χ3v) is 5.15. The Morgan fingerprint density at radius 3 is 2.53 bits per heavy atom. The van der Waals surface area contributed by atoms with Crippen molar-refractivity contribution in [1.82, 2.24) is 20.3 Å². The Morgan fingerprint density at radius 1 is 1.03 bits per heavy atom. The van der Waals surface area contributed by atoms with Gasteiger partial charge in [0.25, 0.3) is 0 Å². The van der Waals surface area contributed by atoms with Gasteiger partial charge >= 0.3 is 6.18 Å². The molecular formula is C25H21F3N4O2. The topological polar surface area (TPSA) is 77.0 Å². The molecule has 1 amide bonds. The molecule has 174 valence electrons. The molecule has 4 rings (SSSR count). The molecular weight excluding hydrogens is 445 g/mol. The predicted molar refractivity (Wildman–Crippen MR) is 121 cm³/mol. The molecule has 0 fully saturated rings. The van der Waals surface area contributed by atoms with Gasteiger partial charge in [-0.1, -0.05) is 42.5 Å². The minimum Gasteiger partial charge on any atom is -0.483 e. The molecule has 34 heavy (non-hydrogen) atoms. The minimum absolute atomic E-state index is 0.0114. The third-order valence-electron chi connectivity index (χ3n) is 5.15. The first-order valence-electron chi connectivity index (χ1n) is 10.5. The number of alkyl halides is 3. The number of amides is 1. The normalized spacial score (nSPS) is 12.4. The van der Waals surface area contributed by atoms with Gasteiger partial charge in [0.1, 0.15) is 12.1 Å². The van der Waals surface area contributed by atoms with Crippen molar-refractivity contribution in [3.05, 3.63) is 84.6 Å². The number of nitrogens with zero attached hydrogens (tertiary/aromatic N) is 3. The van der Waals surface area contributed by atoms with Crippen molar-refractivity contribution in [2.75, 3.05) is 6.61 Å². The van der Waals surface area contributed by atoms with E-state index < -0.39 is 18.8 Å². The average Bonchev–Trinajstić information content (AvgIpc) is 2.83. The summed E-state index contributed by atoms with van der Waals surface area (Å²) in [6, 6.07) is 16.1. The number of pyridine rings is 1. The second-order valence-corrected chi connectivity index (χ2v) is 7.75. The number of rotatable bonds is 7. The molecule has 0 saturated heterocycles. The van der Waals surface area contributed by atoms with Gasteiger partial charge in [-0.15, -0.1) is 0 Å². The molecule has 0 radical (unpaired) electrons. The Bertz CT molecular complexity index is 1270. The van der Waals surface area contributed by atoms with Crippen molar-refractivity contribution in [2.24, 2.45) is 0 Å². The minimum atomic E-state index is -4.42. The molecule has 0 spiro atoms. The number of carbonyl (C=O) groups excluding carboxylic acids is 1. The first-order valence-corrected chi connectivity index (χ1v) is 10.5.